The van der Waals surface area contributed by atoms with Crippen LogP contribution in [0.15, 0.2) is 54.9 Å². The Labute approximate surface area is 433 Å². The summed E-state index contributed by atoms with van der Waals surface area (Å²) in [6.07, 6.45) is 13.9. The van der Waals surface area contributed by atoms with Crippen molar-refractivity contribution in [3.63, 3.8) is 0 Å². The SMILES string of the molecule is CC(C)n1cnc2cc(-c3ccc4c(c3)N(C3CC(N5CC6CCC(C5)O6)C3)C(=O)C43CCN(C(=O)C4(C)CCN(C(=O)C5CCN(c6ccc(C7CCC(=O)NC7=O)cc6)CC5)CC4)CC3)nc(NC3CC3)c21. The molecule has 9 aliphatic rings. The molecule has 4 aromatic rings. The number of nitrogens with one attached hydrogen (secondary N) is 2. The van der Waals surface area contributed by atoms with Gasteiger partial charge in [-0.1, -0.05) is 31.2 Å². The summed E-state index contributed by atoms with van der Waals surface area (Å²) in [5, 5.41) is 6.17. The number of carbonyl (C=O) groups excluding carboxylic acids is 5. The molecule has 2 bridgehead atoms. The minimum Gasteiger partial charge on any atom is -0.372 e. The maximum absolute atomic E-state index is 15.4. The van der Waals surface area contributed by atoms with Gasteiger partial charge in [-0.3, -0.25) is 34.2 Å². The summed E-state index contributed by atoms with van der Waals surface area (Å²) < 4.78 is 8.40. The number of hydrogen-bond acceptors (Lipinski definition) is 11. The lowest BCUT2D eigenvalue weighted by atomic mass is 9.72. The fraction of sp³-hybridized carbons (Fsp3) is 0.603. The monoisotopic (exact) mass is 1000 g/mol. The van der Waals surface area contributed by atoms with Gasteiger partial charge in [0.15, 0.2) is 5.82 Å². The van der Waals surface area contributed by atoms with Crippen LogP contribution >= 0.6 is 0 Å². The van der Waals surface area contributed by atoms with Crippen molar-refractivity contribution in [3.8, 4) is 11.3 Å². The van der Waals surface area contributed by atoms with Crippen LogP contribution in [0.2, 0.25) is 0 Å². The third-order valence-corrected chi connectivity index (χ3v) is 19.1. The van der Waals surface area contributed by atoms with Crippen LogP contribution in [-0.2, 0) is 34.1 Å². The standard InChI is InChI=1S/C58H72N10O6/c1-35(2)67-34-59-48-31-47(61-52(51(48)67)60-39-7-8-39)38-6-14-46-49(28-38)68(42-29-41(30-42)66-32-43-11-12-44(33-66)74-43)56(73)58(46)20-26-65(27-21-58)55(72)57(3)18-24-64(25-19-57)54(71)37-16-22-63(23-17-37)40-9-4-36(5-10-40)45-13-15-50(69)62-53(45)70/h4-6,9-10,14,28,31,34-35,37,39,41-45H,7-8,11-13,15-27,29-30,32-33H2,1-3H3,(H,60,61)(H,62,69,70). The minimum absolute atomic E-state index is 0.0496. The van der Waals surface area contributed by atoms with Crippen LogP contribution in [0.4, 0.5) is 17.2 Å². The molecule has 1 spiro atoms. The fourth-order valence-corrected chi connectivity index (χ4v) is 14.2. The van der Waals surface area contributed by atoms with Crippen LogP contribution in [0.25, 0.3) is 22.3 Å². The zero-order valence-electron chi connectivity index (χ0n) is 43.4. The van der Waals surface area contributed by atoms with Crippen molar-refractivity contribution >= 4 is 57.8 Å². The highest BCUT2D eigenvalue weighted by Gasteiger charge is 2.57. The summed E-state index contributed by atoms with van der Waals surface area (Å²) in [4.78, 5) is 89.3. The van der Waals surface area contributed by atoms with Gasteiger partial charge >= 0.3 is 0 Å². The lowest BCUT2D eigenvalue weighted by Crippen LogP contribution is -2.60. The number of imide groups is 1. The van der Waals surface area contributed by atoms with E-state index in [9.17, 15) is 19.2 Å². The molecule has 2 aromatic carbocycles. The molecule has 16 heteroatoms. The van der Waals surface area contributed by atoms with Gasteiger partial charge in [0.1, 0.15) is 5.52 Å². The Kier molecular flexibility index (Phi) is 11.9. The highest BCUT2D eigenvalue weighted by molar-refractivity contribution is 6.09. The largest absolute Gasteiger partial charge is 0.372 e. The van der Waals surface area contributed by atoms with Crippen molar-refractivity contribution in [2.45, 2.75) is 158 Å². The van der Waals surface area contributed by atoms with Crippen LogP contribution in [0, 0.1) is 11.3 Å². The molecular formula is C58H72N10O6. The number of fused-ring (bicyclic) bond motifs is 5. The maximum atomic E-state index is 15.4. The Morgan fingerprint density at radius 1 is 0.797 bits per heavy atom. The Hall–Kier alpha value is -5.87. The van der Waals surface area contributed by atoms with E-state index in [-0.39, 0.29) is 53.5 Å². The average Bonchev–Trinajstić information content (AvgIpc) is 3.94. The summed E-state index contributed by atoms with van der Waals surface area (Å²) in [5.41, 5.74) is 6.56. The topological polar surface area (TPSA) is 166 Å². The first-order chi connectivity index (χ1) is 35.8. The normalized spacial score (nSPS) is 28.0. The molecule has 3 atom stereocenters. The van der Waals surface area contributed by atoms with Crippen LogP contribution in [-0.4, -0.2) is 141 Å². The number of carbonyl (C=O) groups is 5. The van der Waals surface area contributed by atoms with E-state index in [2.05, 4.69) is 74.9 Å². The van der Waals surface area contributed by atoms with E-state index in [1.807, 2.05) is 40.4 Å². The van der Waals surface area contributed by atoms with E-state index in [1.165, 1.54) is 0 Å². The van der Waals surface area contributed by atoms with Gasteiger partial charge in [0.2, 0.25) is 29.5 Å². The number of aromatic nitrogens is 3. The Balaban J connectivity index is 0.674. The van der Waals surface area contributed by atoms with Crippen molar-refractivity contribution in [2.24, 2.45) is 11.3 Å². The van der Waals surface area contributed by atoms with Crippen molar-refractivity contribution in [3.05, 3.63) is 66.0 Å². The van der Waals surface area contributed by atoms with Crippen LogP contribution in [0.3, 0.4) is 0 Å². The second-order valence-electron chi connectivity index (χ2n) is 24.1. The average molecular weight is 1010 g/mol. The lowest BCUT2D eigenvalue weighted by molar-refractivity contribution is -0.150. The number of morpholine rings is 1. The second kappa shape index (κ2) is 18.5. The fourth-order valence-electron chi connectivity index (χ4n) is 14.2. The van der Waals surface area contributed by atoms with E-state index < -0.39 is 10.8 Å². The van der Waals surface area contributed by atoms with Gasteiger partial charge < -0.3 is 34.2 Å². The quantitative estimate of drug-likeness (QED) is 0.159. The molecule has 16 nitrogen and oxygen atoms in total. The van der Waals surface area contributed by atoms with Gasteiger partial charge in [0, 0.05) is 111 Å². The van der Waals surface area contributed by atoms with Gasteiger partial charge in [-0.15, -0.1) is 0 Å². The van der Waals surface area contributed by atoms with Crippen molar-refractivity contribution in [2.75, 3.05) is 67.5 Å². The van der Waals surface area contributed by atoms with Gasteiger partial charge in [-0.05, 0) is 133 Å². The number of rotatable bonds is 10. The highest BCUT2D eigenvalue weighted by atomic mass is 16.5. The molecule has 5 amide bonds. The van der Waals surface area contributed by atoms with E-state index in [1.54, 1.807) is 0 Å². The van der Waals surface area contributed by atoms with Crippen LogP contribution in [0.5, 0.6) is 0 Å². The first-order valence-corrected chi connectivity index (χ1v) is 28.1. The van der Waals surface area contributed by atoms with Gasteiger partial charge in [-0.25, -0.2) is 9.97 Å². The molecule has 74 heavy (non-hydrogen) atoms. The number of pyridine rings is 1. The number of piperidine rings is 4. The highest BCUT2D eigenvalue weighted by Crippen LogP contribution is 2.53. The third kappa shape index (κ3) is 8.36. The first-order valence-electron chi connectivity index (χ1n) is 28.1. The summed E-state index contributed by atoms with van der Waals surface area (Å²) in [5.74, 6) is 0.599. The van der Waals surface area contributed by atoms with Crippen molar-refractivity contribution in [1.29, 1.82) is 0 Å². The predicted molar refractivity (Wildman–Crippen MR) is 282 cm³/mol. The van der Waals surface area contributed by atoms with E-state index in [0.29, 0.717) is 89.0 Å². The number of imidazole rings is 1. The zero-order chi connectivity index (χ0) is 50.6. The minimum atomic E-state index is -0.703. The summed E-state index contributed by atoms with van der Waals surface area (Å²) >= 11 is 0. The molecule has 2 aliphatic carbocycles. The number of nitrogens with zero attached hydrogens (tertiary/aromatic N) is 8. The van der Waals surface area contributed by atoms with Crippen molar-refractivity contribution in [1.82, 2.24) is 34.6 Å². The molecule has 7 aliphatic heterocycles. The smallest absolute Gasteiger partial charge is 0.238 e. The van der Waals surface area contributed by atoms with Gasteiger partial charge in [-0.2, -0.15) is 0 Å². The van der Waals surface area contributed by atoms with Crippen LogP contribution < -0.4 is 20.4 Å². The van der Waals surface area contributed by atoms with E-state index in [4.69, 9.17) is 14.7 Å². The summed E-state index contributed by atoms with van der Waals surface area (Å²) in [6.45, 7) is 12.1. The maximum Gasteiger partial charge on any atom is 0.238 e. The molecule has 2 saturated carbocycles. The molecule has 390 valence electrons. The molecule has 0 radical (unpaired) electrons. The predicted octanol–water partition coefficient (Wildman–Crippen LogP) is 6.92. The van der Waals surface area contributed by atoms with Gasteiger partial charge in [0.25, 0.3) is 0 Å². The molecular weight excluding hydrogens is 933 g/mol. The van der Waals surface area contributed by atoms with Crippen LogP contribution in [0.1, 0.15) is 134 Å². The third-order valence-electron chi connectivity index (χ3n) is 19.1. The lowest BCUT2D eigenvalue weighted by Gasteiger charge is -2.49. The number of benzene rings is 2. The number of anilines is 3. The number of hydrogen-bond donors (Lipinski definition) is 2. The molecule has 3 unspecified atom stereocenters. The number of amides is 5. The molecule has 2 aromatic heterocycles. The number of ether oxygens (including phenoxy) is 1. The molecule has 13 rings (SSSR count). The van der Waals surface area contributed by atoms with E-state index in [0.717, 1.165) is 128 Å². The molecule has 8 fully saturated rings. The summed E-state index contributed by atoms with van der Waals surface area (Å²) in [6, 6.07) is 18.0. The Bertz CT molecular complexity index is 2870. The summed E-state index contributed by atoms with van der Waals surface area (Å²) in [7, 11) is 0. The second-order valence-corrected chi connectivity index (χ2v) is 24.1. The van der Waals surface area contributed by atoms with E-state index >= 15 is 4.79 Å². The molecule has 2 N–H and O–H groups in total. The zero-order valence-corrected chi connectivity index (χ0v) is 43.4. The van der Waals surface area contributed by atoms with Crippen molar-refractivity contribution < 1.29 is 28.7 Å². The molecule has 9 heterocycles. The number of likely N-dealkylation sites (tertiary alicyclic amines) is 3. The Morgan fingerprint density at radius 2 is 1.50 bits per heavy atom. The first kappa shape index (κ1) is 47.8. The van der Waals surface area contributed by atoms with Gasteiger partial charge in [0.05, 0.1) is 41.1 Å². The molecule has 6 saturated heterocycles. The Morgan fingerprint density at radius 3 is 2.18 bits per heavy atom.